The Bertz CT molecular complexity index is 1210. The van der Waals surface area contributed by atoms with Gasteiger partial charge in [-0.3, -0.25) is 0 Å². The van der Waals surface area contributed by atoms with E-state index < -0.39 is 23.3 Å². The number of hydrogen-bond acceptors (Lipinski definition) is 2. The van der Waals surface area contributed by atoms with Crippen molar-refractivity contribution < 1.29 is 27.0 Å². The zero-order valence-electron chi connectivity index (χ0n) is 20.5. The van der Waals surface area contributed by atoms with Gasteiger partial charge >= 0.3 is 0 Å². The third-order valence-electron chi connectivity index (χ3n) is 6.67. The van der Waals surface area contributed by atoms with E-state index in [1.807, 2.05) is 13.0 Å². The summed E-state index contributed by atoms with van der Waals surface area (Å²) >= 11 is 0. The molecule has 2 atom stereocenters. The molecule has 0 N–H and O–H groups in total. The number of allylic oxidation sites excluding steroid dienone is 2. The van der Waals surface area contributed by atoms with Crippen molar-refractivity contribution in [2.45, 2.75) is 51.6 Å². The lowest BCUT2D eigenvalue weighted by atomic mass is 9.88. The molecular formula is C30H30F4O2. The third-order valence-corrected chi connectivity index (χ3v) is 6.67. The maximum atomic E-state index is 15.1. The summed E-state index contributed by atoms with van der Waals surface area (Å²) in [6.07, 6.45) is 7.69. The van der Waals surface area contributed by atoms with Crippen LogP contribution in [0.3, 0.4) is 0 Å². The summed E-state index contributed by atoms with van der Waals surface area (Å²) in [6, 6.07) is 12.3. The van der Waals surface area contributed by atoms with Crippen molar-refractivity contribution in [1.29, 1.82) is 0 Å². The van der Waals surface area contributed by atoms with E-state index in [0.717, 1.165) is 25.7 Å². The van der Waals surface area contributed by atoms with Crippen LogP contribution in [0.5, 0.6) is 5.75 Å². The second kappa shape index (κ2) is 11.7. The maximum Gasteiger partial charge on any atom is 0.201 e. The van der Waals surface area contributed by atoms with Crippen LogP contribution in [0.4, 0.5) is 17.6 Å². The van der Waals surface area contributed by atoms with E-state index >= 15 is 8.78 Å². The fraction of sp³-hybridized carbons (Fsp3) is 0.333. The van der Waals surface area contributed by atoms with Crippen molar-refractivity contribution in [3.63, 3.8) is 0 Å². The minimum atomic E-state index is -1.06. The first-order valence-electron chi connectivity index (χ1n) is 12.4. The van der Waals surface area contributed by atoms with E-state index in [1.54, 1.807) is 43.3 Å². The molecule has 0 spiro atoms. The van der Waals surface area contributed by atoms with Crippen molar-refractivity contribution in [2.24, 2.45) is 0 Å². The van der Waals surface area contributed by atoms with Crippen molar-refractivity contribution in [3.05, 3.63) is 89.5 Å². The van der Waals surface area contributed by atoms with E-state index in [1.165, 1.54) is 12.1 Å². The van der Waals surface area contributed by atoms with E-state index in [-0.39, 0.29) is 35.5 Å². The standard InChI is InChI=1S/C30H30F4O2/c1-3-5-6-7-22-13-12-21(18-36-22)25-15-14-23(27(31)28(25)32)19-8-10-20(11-9-19)24-16-17-26(35-4-2)30(34)29(24)33/h3,5,8-11,14-17,21-22H,4,6-7,12-13,18H2,1-2H3/b5-3+. The van der Waals surface area contributed by atoms with Crippen LogP contribution in [0.25, 0.3) is 22.3 Å². The average Bonchev–Trinajstić information content (AvgIpc) is 2.90. The van der Waals surface area contributed by atoms with Gasteiger partial charge in [-0.15, -0.1) is 0 Å². The van der Waals surface area contributed by atoms with Gasteiger partial charge in [0.2, 0.25) is 5.82 Å². The number of benzene rings is 3. The minimum Gasteiger partial charge on any atom is -0.491 e. The van der Waals surface area contributed by atoms with Crippen LogP contribution in [0.15, 0.2) is 60.7 Å². The Kier molecular flexibility index (Phi) is 8.47. The lowest BCUT2D eigenvalue weighted by molar-refractivity contribution is -0.000894. The zero-order chi connectivity index (χ0) is 25.7. The molecule has 4 rings (SSSR count). The number of ether oxygens (including phenoxy) is 2. The van der Waals surface area contributed by atoms with E-state index in [0.29, 0.717) is 23.3 Å². The molecule has 1 aliphatic rings. The summed E-state index contributed by atoms with van der Waals surface area (Å²) in [5, 5.41) is 0. The molecule has 0 radical (unpaired) electrons. The highest BCUT2D eigenvalue weighted by Gasteiger charge is 2.27. The molecule has 2 unspecified atom stereocenters. The first kappa shape index (κ1) is 26.0. The maximum absolute atomic E-state index is 15.1. The predicted octanol–water partition coefficient (Wildman–Crippen LogP) is 8.59. The van der Waals surface area contributed by atoms with Crippen molar-refractivity contribution in [2.75, 3.05) is 13.2 Å². The Morgan fingerprint density at radius 2 is 1.47 bits per heavy atom. The Balaban J connectivity index is 1.50. The average molecular weight is 499 g/mol. The molecule has 0 amide bonds. The van der Waals surface area contributed by atoms with Gasteiger partial charge in [0.1, 0.15) is 0 Å². The Labute approximate surface area is 209 Å². The molecule has 2 nitrogen and oxygen atoms in total. The second-order valence-electron chi connectivity index (χ2n) is 8.96. The van der Waals surface area contributed by atoms with Crippen molar-refractivity contribution in [1.82, 2.24) is 0 Å². The summed E-state index contributed by atoms with van der Waals surface area (Å²) in [5.74, 6) is -4.20. The minimum absolute atomic E-state index is 0.0609. The molecule has 0 saturated carbocycles. The summed E-state index contributed by atoms with van der Waals surface area (Å²) in [5.41, 5.74) is 1.36. The third kappa shape index (κ3) is 5.49. The predicted molar refractivity (Wildman–Crippen MR) is 134 cm³/mol. The number of hydrogen-bond donors (Lipinski definition) is 0. The highest BCUT2D eigenvalue weighted by atomic mass is 19.2. The fourth-order valence-corrected chi connectivity index (χ4v) is 4.68. The van der Waals surface area contributed by atoms with Crippen LogP contribution in [0, 0.1) is 23.3 Å². The van der Waals surface area contributed by atoms with Gasteiger partial charge < -0.3 is 9.47 Å². The van der Waals surface area contributed by atoms with Gasteiger partial charge in [0, 0.05) is 17.0 Å². The number of halogens is 4. The normalized spacial score (nSPS) is 18.1. The van der Waals surface area contributed by atoms with Crippen molar-refractivity contribution in [3.8, 4) is 28.0 Å². The zero-order valence-corrected chi connectivity index (χ0v) is 20.5. The molecular weight excluding hydrogens is 468 g/mol. The van der Waals surface area contributed by atoms with Gasteiger partial charge in [0.05, 0.1) is 19.3 Å². The van der Waals surface area contributed by atoms with Crippen LogP contribution in [-0.4, -0.2) is 19.3 Å². The Hall–Kier alpha value is -3.12. The molecule has 1 heterocycles. The fourth-order valence-electron chi connectivity index (χ4n) is 4.68. The lowest BCUT2D eigenvalue weighted by Gasteiger charge is -2.29. The lowest BCUT2D eigenvalue weighted by Crippen LogP contribution is -2.25. The monoisotopic (exact) mass is 498 g/mol. The van der Waals surface area contributed by atoms with Crippen molar-refractivity contribution >= 4 is 0 Å². The quantitative estimate of drug-likeness (QED) is 0.229. The van der Waals surface area contributed by atoms with Gasteiger partial charge in [-0.2, -0.15) is 4.39 Å². The molecule has 190 valence electrons. The topological polar surface area (TPSA) is 18.5 Å². The van der Waals surface area contributed by atoms with Gasteiger partial charge in [0.25, 0.3) is 0 Å². The number of rotatable bonds is 8. The second-order valence-corrected chi connectivity index (χ2v) is 8.96. The van der Waals surface area contributed by atoms with E-state index in [9.17, 15) is 8.78 Å². The van der Waals surface area contributed by atoms with Crippen LogP contribution in [-0.2, 0) is 4.74 Å². The molecule has 36 heavy (non-hydrogen) atoms. The van der Waals surface area contributed by atoms with Gasteiger partial charge in [0.15, 0.2) is 23.2 Å². The first-order chi connectivity index (χ1) is 17.4. The van der Waals surface area contributed by atoms with Gasteiger partial charge in [-0.25, -0.2) is 13.2 Å². The summed E-state index contributed by atoms with van der Waals surface area (Å²) in [4.78, 5) is 0. The highest BCUT2D eigenvalue weighted by molar-refractivity contribution is 5.71. The molecule has 1 fully saturated rings. The molecule has 0 bridgehead atoms. The SMILES string of the molecule is C/C=C/CCC1CCC(c2ccc(-c3ccc(-c4ccc(OCC)c(F)c4F)cc3)c(F)c2F)CO1. The molecule has 3 aromatic carbocycles. The summed E-state index contributed by atoms with van der Waals surface area (Å²) in [6.45, 7) is 4.26. The summed E-state index contributed by atoms with van der Waals surface area (Å²) < 4.78 is 70.0. The van der Waals surface area contributed by atoms with Crippen LogP contribution < -0.4 is 4.74 Å². The van der Waals surface area contributed by atoms with E-state index in [2.05, 4.69) is 6.08 Å². The van der Waals surface area contributed by atoms with Crippen LogP contribution >= 0.6 is 0 Å². The first-order valence-corrected chi connectivity index (χ1v) is 12.4. The molecule has 1 aliphatic heterocycles. The molecule has 3 aromatic rings. The van der Waals surface area contributed by atoms with E-state index in [4.69, 9.17) is 9.47 Å². The highest BCUT2D eigenvalue weighted by Crippen LogP contribution is 2.36. The van der Waals surface area contributed by atoms with Crippen LogP contribution in [0.2, 0.25) is 0 Å². The van der Waals surface area contributed by atoms with Gasteiger partial charge in [-0.1, -0.05) is 48.6 Å². The molecule has 0 aliphatic carbocycles. The molecule has 1 saturated heterocycles. The van der Waals surface area contributed by atoms with Gasteiger partial charge in [-0.05, 0) is 68.4 Å². The largest absolute Gasteiger partial charge is 0.491 e. The molecule has 0 aromatic heterocycles. The van der Waals surface area contributed by atoms with Crippen LogP contribution in [0.1, 0.15) is 51.0 Å². The Morgan fingerprint density at radius 1 is 0.833 bits per heavy atom. The Morgan fingerprint density at radius 3 is 2.06 bits per heavy atom. The smallest absolute Gasteiger partial charge is 0.201 e. The molecule has 6 heteroatoms. The summed E-state index contributed by atoms with van der Waals surface area (Å²) in [7, 11) is 0.